The third-order valence-corrected chi connectivity index (χ3v) is 3.88. The van der Waals surface area contributed by atoms with Gasteiger partial charge in [0, 0.05) is 17.6 Å². The lowest BCUT2D eigenvalue weighted by molar-refractivity contribution is -0.115. The molecule has 4 nitrogen and oxygen atoms in total. The quantitative estimate of drug-likeness (QED) is 0.833. The molecule has 2 heterocycles. The predicted octanol–water partition coefficient (Wildman–Crippen LogP) is 1.61. The van der Waals surface area contributed by atoms with Crippen LogP contribution in [0.1, 0.15) is 30.5 Å². The summed E-state index contributed by atoms with van der Waals surface area (Å²) < 4.78 is 5.57. The van der Waals surface area contributed by atoms with Gasteiger partial charge in [-0.2, -0.15) is 0 Å². The van der Waals surface area contributed by atoms with Gasteiger partial charge in [0.05, 0.1) is 19.1 Å². The molecule has 1 aromatic rings. The number of carbonyl (C=O) groups excluding carboxylic acids is 1. The molecule has 1 saturated heterocycles. The summed E-state index contributed by atoms with van der Waals surface area (Å²) in [7, 11) is 0. The first-order chi connectivity index (χ1) is 8.63. The standard InChI is InChI=1S/C14H18N2O2/c1-8-4-11(7-18-8)14(15)9-2-3-12-10(5-9)6-13(17)16-12/h2-3,5,8,11,14H,4,6-7,15H2,1H3,(H,16,17). The van der Waals surface area contributed by atoms with Crippen molar-refractivity contribution in [3.8, 4) is 0 Å². The minimum Gasteiger partial charge on any atom is -0.378 e. The molecule has 1 amide bonds. The van der Waals surface area contributed by atoms with Crippen LogP contribution < -0.4 is 11.1 Å². The van der Waals surface area contributed by atoms with E-state index in [4.69, 9.17) is 10.5 Å². The number of anilines is 1. The van der Waals surface area contributed by atoms with E-state index in [1.807, 2.05) is 12.1 Å². The molecular weight excluding hydrogens is 228 g/mol. The monoisotopic (exact) mass is 246 g/mol. The minimum atomic E-state index is -0.00375. The van der Waals surface area contributed by atoms with Gasteiger partial charge in [0.25, 0.3) is 0 Å². The topological polar surface area (TPSA) is 64.4 Å². The Kier molecular flexibility index (Phi) is 2.84. The number of ether oxygens (including phenoxy) is 1. The number of nitrogens with one attached hydrogen (secondary N) is 1. The molecule has 0 aliphatic carbocycles. The van der Waals surface area contributed by atoms with E-state index in [1.54, 1.807) is 0 Å². The van der Waals surface area contributed by atoms with Crippen LogP contribution in [0, 0.1) is 5.92 Å². The number of fused-ring (bicyclic) bond motifs is 1. The minimum absolute atomic E-state index is 0.00375. The first kappa shape index (κ1) is 11.7. The molecule has 2 aliphatic rings. The Morgan fingerprint density at radius 1 is 1.50 bits per heavy atom. The summed E-state index contributed by atoms with van der Waals surface area (Å²) in [4.78, 5) is 11.3. The van der Waals surface area contributed by atoms with Crippen LogP contribution in [0.2, 0.25) is 0 Å². The normalized spacial score (nSPS) is 28.0. The molecule has 18 heavy (non-hydrogen) atoms. The van der Waals surface area contributed by atoms with Gasteiger partial charge in [0.2, 0.25) is 5.91 Å². The van der Waals surface area contributed by atoms with Crippen molar-refractivity contribution in [3.63, 3.8) is 0 Å². The van der Waals surface area contributed by atoms with Crippen molar-refractivity contribution < 1.29 is 9.53 Å². The largest absolute Gasteiger partial charge is 0.378 e. The van der Waals surface area contributed by atoms with Gasteiger partial charge >= 0.3 is 0 Å². The van der Waals surface area contributed by atoms with Crippen LogP contribution in [0.5, 0.6) is 0 Å². The fraction of sp³-hybridized carbons (Fsp3) is 0.500. The van der Waals surface area contributed by atoms with Crippen molar-refractivity contribution in [3.05, 3.63) is 29.3 Å². The average molecular weight is 246 g/mol. The SMILES string of the molecule is CC1CC(C(N)c2ccc3c(c2)CC(=O)N3)CO1. The molecule has 2 aliphatic heterocycles. The van der Waals surface area contributed by atoms with E-state index in [2.05, 4.69) is 18.3 Å². The van der Waals surface area contributed by atoms with Crippen molar-refractivity contribution >= 4 is 11.6 Å². The van der Waals surface area contributed by atoms with Crippen molar-refractivity contribution in [2.75, 3.05) is 11.9 Å². The molecule has 0 aromatic heterocycles. The number of hydrogen-bond donors (Lipinski definition) is 2. The highest BCUT2D eigenvalue weighted by molar-refractivity contribution is 5.99. The van der Waals surface area contributed by atoms with Crippen LogP contribution in [-0.2, 0) is 16.0 Å². The van der Waals surface area contributed by atoms with E-state index >= 15 is 0 Å². The van der Waals surface area contributed by atoms with Crippen molar-refractivity contribution in [1.29, 1.82) is 0 Å². The summed E-state index contributed by atoms with van der Waals surface area (Å²) in [6.45, 7) is 2.81. The summed E-state index contributed by atoms with van der Waals surface area (Å²) >= 11 is 0. The number of rotatable bonds is 2. The van der Waals surface area contributed by atoms with Crippen LogP contribution in [0.3, 0.4) is 0 Å². The summed E-state index contributed by atoms with van der Waals surface area (Å²) in [5.41, 5.74) is 9.39. The summed E-state index contributed by atoms with van der Waals surface area (Å²) in [5.74, 6) is 0.441. The number of amides is 1. The molecule has 3 unspecified atom stereocenters. The number of nitrogens with two attached hydrogens (primary N) is 1. The second-order valence-corrected chi connectivity index (χ2v) is 5.31. The highest BCUT2D eigenvalue weighted by Gasteiger charge is 2.29. The highest BCUT2D eigenvalue weighted by Crippen LogP contribution is 2.32. The first-order valence-corrected chi connectivity index (χ1v) is 6.43. The van der Waals surface area contributed by atoms with Gasteiger partial charge < -0.3 is 15.8 Å². The van der Waals surface area contributed by atoms with Crippen LogP contribution in [0.4, 0.5) is 5.69 Å². The molecule has 0 saturated carbocycles. The fourth-order valence-electron chi connectivity index (χ4n) is 2.83. The van der Waals surface area contributed by atoms with E-state index in [-0.39, 0.29) is 11.9 Å². The Hall–Kier alpha value is -1.39. The van der Waals surface area contributed by atoms with Gasteiger partial charge in [0.15, 0.2) is 0 Å². The third kappa shape index (κ3) is 2.02. The van der Waals surface area contributed by atoms with E-state index in [0.717, 1.165) is 29.8 Å². The van der Waals surface area contributed by atoms with Gasteiger partial charge in [-0.25, -0.2) is 0 Å². The van der Waals surface area contributed by atoms with E-state index in [0.29, 0.717) is 18.4 Å². The Morgan fingerprint density at radius 3 is 3.06 bits per heavy atom. The Balaban J connectivity index is 1.81. The average Bonchev–Trinajstić information content (AvgIpc) is 2.92. The molecule has 0 spiro atoms. The third-order valence-electron chi connectivity index (χ3n) is 3.88. The molecule has 0 radical (unpaired) electrons. The molecular formula is C14H18N2O2. The van der Waals surface area contributed by atoms with Crippen LogP contribution >= 0.6 is 0 Å². The highest BCUT2D eigenvalue weighted by atomic mass is 16.5. The van der Waals surface area contributed by atoms with Crippen molar-refractivity contribution in [2.45, 2.75) is 31.9 Å². The number of carbonyl (C=O) groups is 1. The molecule has 1 aromatic carbocycles. The van der Waals surface area contributed by atoms with Gasteiger partial charge in [-0.05, 0) is 30.5 Å². The second-order valence-electron chi connectivity index (χ2n) is 5.31. The van der Waals surface area contributed by atoms with E-state index in [1.165, 1.54) is 0 Å². The smallest absolute Gasteiger partial charge is 0.228 e. The maximum absolute atomic E-state index is 11.3. The zero-order chi connectivity index (χ0) is 12.7. The summed E-state index contributed by atoms with van der Waals surface area (Å²) in [6, 6.07) is 6.02. The van der Waals surface area contributed by atoms with Crippen LogP contribution in [-0.4, -0.2) is 18.6 Å². The molecule has 3 atom stereocenters. The molecule has 3 N–H and O–H groups in total. The maximum Gasteiger partial charge on any atom is 0.228 e. The molecule has 4 heteroatoms. The Bertz CT molecular complexity index is 487. The predicted molar refractivity (Wildman–Crippen MR) is 69.2 cm³/mol. The lowest BCUT2D eigenvalue weighted by Crippen LogP contribution is -2.21. The Labute approximate surface area is 107 Å². The molecule has 1 fully saturated rings. The number of hydrogen-bond acceptors (Lipinski definition) is 3. The summed E-state index contributed by atoms with van der Waals surface area (Å²) in [6.07, 6.45) is 1.78. The molecule has 96 valence electrons. The lowest BCUT2D eigenvalue weighted by atomic mass is 9.90. The van der Waals surface area contributed by atoms with Crippen molar-refractivity contribution in [1.82, 2.24) is 0 Å². The van der Waals surface area contributed by atoms with Gasteiger partial charge in [0.1, 0.15) is 0 Å². The molecule has 3 rings (SSSR count). The maximum atomic E-state index is 11.3. The number of benzene rings is 1. The van der Waals surface area contributed by atoms with Gasteiger partial charge in [-0.3, -0.25) is 4.79 Å². The molecule has 0 bridgehead atoms. The van der Waals surface area contributed by atoms with Gasteiger partial charge in [-0.15, -0.1) is 0 Å². The van der Waals surface area contributed by atoms with Crippen molar-refractivity contribution in [2.24, 2.45) is 11.7 Å². The Morgan fingerprint density at radius 2 is 2.33 bits per heavy atom. The zero-order valence-electron chi connectivity index (χ0n) is 10.5. The van der Waals surface area contributed by atoms with Crippen LogP contribution in [0.25, 0.3) is 0 Å². The van der Waals surface area contributed by atoms with Crippen LogP contribution in [0.15, 0.2) is 18.2 Å². The first-order valence-electron chi connectivity index (χ1n) is 6.43. The second kappa shape index (κ2) is 4.37. The zero-order valence-corrected chi connectivity index (χ0v) is 10.5. The van der Waals surface area contributed by atoms with E-state index < -0.39 is 0 Å². The lowest BCUT2D eigenvalue weighted by Gasteiger charge is -2.18. The summed E-state index contributed by atoms with van der Waals surface area (Å²) in [5, 5.41) is 2.84. The fourth-order valence-corrected chi connectivity index (χ4v) is 2.83. The van der Waals surface area contributed by atoms with E-state index in [9.17, 15) is 4.79 Å². The van der Waals surface area contributed by atoms with Gasteiger partial charge in [-0.1, -0.05) is 12.1 Å².